The summed E-state index contributed by atoms with van der Waals surface area (Å²) in [7, 11) is 0. The first-order chi connectivity index (χ1) is 15.9. The molecular weight excluding hydrogens is 449 g/mol. The molecule has 1 aliphatic rings. The van der Waals surface area contributed by atoms with Crippen LogP contribution in [0.1, 0.15) is 50.3 Å². The fourth-order valence-corrected chi connectivity index (χ4v) is 3.55. The van der Waals surface area contributed by atoms with Crippen LogP contribution in [0.2, 0.25) is 0 Å². The van der Waals surface area contributed by atoms with Crippen molar-refractivity contribution in [2.45, 2.75) is 64.6 Å². The fourth-order valence-electron chi connectivity index (χ4n) is 3.55. The van der Waals surface area contributed by atoms with Gasteiger partial charge in [0.2, 0.25) is 5.91 Å². The summed E-state index contributed by atoms with van der Waals surface area (Å²) in [6, 6.07) is 11.3. The molecule has 1 heterocycles. The van der Waals surface area contributed by atoms with E-state index in [9.17, 15) is 22.8 Å². The molecule has 9 heteroatoms. The molecule has 184 valence electrons. The SMILES string of the molecule is CC(C)(C)OC(=O)N1CCC[C@H]1C(=O)NCc1ccc(OCc2ccc(C(F)(F)F)cc2)cc1. The van der Waals surface area contributed by atoms with E-state index in [1.165, 1.54) is 17.0 Å². The highest BCUT2D eigenvalue weighted by Crippen LogP contribution is 2.29. The number of benzene rings is 2. The summed E-state index contributed by atoms with van der Waals surface area (Å²) in [4.78, 5) is 26.5. The molecule has 0 bridgehead atoms. The van der Waals surface area contributed by atoms with Gasteiger partial charge in [0.05, 0.1) is 5.56 Å². The third-order valence-electron chi connectivity index (χ3n) is 5.26. The van der Waals surface area contributed by atoms with Crippen molar-refractivity contribution < 1.29 is 32.2 Å². The first-order valence-corrected chi connectivity index (χ1v) is 11.1. The van der Waals surface area contributed by atoms with Crippen molar-refractivity contribution >= 4 is 12.0 Å². The lowest BCUT2D eigenvalue weighted by molar-refractivity contribution is -0.137. The van der Waals surface area contributed by atoms with E-state index in [4.69, 9.17) is 9.47 Å². The second-order valence-corrected chi connectivity index (χ2v) is 9.18. The van der Waals surface area contributed by atoms with Crippen LogP contribution in [-0.4, -0.2) is 35.1 Å². The molecule has 0 spiro atoms. The van der Waals surface area contributed by atoms with E-state index in [-0.39, 0.29) is 19.1 Å². The summed E-state index contributed by atoms with van der Waals surface area (Å²) in [5.41, 5.74) is 0.138. The van der Waals surface area contributed by atoms with E-state index >= 15 is 0 Å². The first-order valence-electron chi connectivity index (χ1n) is 11.1. The molecule has 0 aromatic heterocycles. The van der Waals surface area contributed by atoms with Gasteiger partial charge in [-0.1, -0.05) is 24.3 Å². The lowest BCUT2D eigenvalue weighted by atomic mass is 10.1. The van der Waals surface area contributed by atoms with Crippen LogP contribution in [0.15, 0.2) is 48.5 Å². The molecular formula is C25H29F3N2O4. The predicted octanol–water partition coefficient (Wildman–Crippen LogP) is 5.30. The van der Waals surface area contributed by atoms with Crippen LogP contribution in [0.4, 0.5) is 18.0 Å². The van der Waals surface area contributed by atoms with Gasteiger partial charge in [0.25, 0.3) is 0 Å². The second-order valence-electron chi connectivity index (χ2n) is 9.18. The molecule has 0 saturated carbocycles. The molecule has 2 aromatic rings. The van der Waals surface area contributed by atoms with Crippen LogP contribution in [0, 0.1) is 0 Å². The van der Waals surface area contributed by atoms with Crippen molar-refractivity contribution in [2.24, 2.45) is 0 Å². The van der Waals surface area contributed by atoms with Gasteiger partial charge in [-0.05, 0) is 69.0 Å². The largest absolute Gasteiger partial charge is 0.489 e. The Morgan fingerprint density at radius 3 is 2.21 bits per heavy atom. The van der Waals surface area contributed by atoms with Crippen LogP contribution in [0.5, 0.6) is 5.75 Å². The Morgan fingerprint density at radius 2 is 1.62 bits per heavy atom. The van der Waals surface area contributed by atoms with Gasteiger partial charge in [-0.2, -0.15) is 13.2 Å². The molecule has 3 rings (SSSR count). The summed E-state index contributed by atoms with van der Waals surface area (Å²) in [5.74, 6) is 0.327. The van der Waals surface area contributed by atoms with E-state index in [2.05, 4.69) is 5.32 Å². The number of nitrogens with one attached hydrogen (secondary N) is 1. The van der Waals surface area contributed by atoms with Gasteiger partial charge in [-0.3, -0.25) is 9.69 Å². The zero-order valence-corrected chi connectivity index (χ0v) is 19.4. The summed E-state index contributed by atoms with van der Waals surface area (Å²) >= 11 is 0. The summed E-state index contributed by atoms with van der Waals surface area (Å²) in [5, 5.41) is 2.86. The number of alkyl halides is 3. The minimum atomic E-state index is -4.36. The van der Waals surface area contributed by atoms with E-state index in [0.717, 1.165) is 24.1 Å². The number of likely N-dealkylation sites (tertiary alicyclic amines) is 1. The number of hydrogen-bond donors (Lipinski definition) is 1. The van der Waals surface area contributed by atoms with Crippen molar-refractivity contribution in [3.05, 3.63) is 65.2 Å². The molecule has 0 radical (unpaired) electrons. The summed E-state index contributed by atoms with van der Waals surface area (Å²) in [6.45, 7) is 6.26. The van der Waals surface area contributed by atoms with Crippen molar-refractivity contribution in [1.82, 2.24) is 10.2 Å². The Morgan fingerprint density at radius 1 is 1.00 bits per heavy atom. The average Bonchev–Trinajstić information content (AvgIpc) is 3.26. The second kappa shape index (κ2) is 10.4. The van der Waals surface area contributed by atoms with Crippen LogP contribution in [0.25, 0.3) is 0 Å². The van der Waals surface area contributed by atoms with E-state index in [0.29, 0.717) is 24.3 Å². The molecule has 1 aliphatic heterocycles. The van der Waals surface area contributed by atoms with Gasteiger partial charge < -0.3 is 14.8 Å². The highest BCUT2D eigenvalue weighted by atomic mass is 19.4. The fraction of sp³-hybridized carbons (Fsp3) is 0.440. The molecule has 1 atom stereocenters. The zero-order chi connectivity index (χ0) is 24.9. The number of amides is 2. The van der Waals surface area contributed by atoms with E-state index in [1.54, 1.807) is 45.0 Å². The Labute approximate surface area is 197 Å². The monoisotopic (exact) mass is 478 g/mol. The number of rotatable bonds is 6. The van der Waals surface area contributed by atoms with Gasteiger partial charge in [0.15, 0.2) is 0 Å². The van der Waals surface area contributed by atoms with Crippen molar-refractivity contribution in [2.75, 3.05) is 6.54 Å². The zero-order valence-electron chi connectivity index (χ0n) is 19.4. The van der Waals surface area contributed by atoms with Gasteiger partial charge in [-0.25, -0.2) is 4.79 Å². The number of carbonyl (C=O) groups excluding carboxylic acids is 2. The molecule has 1 saturated heterocycles. The lowest BCUT2D eigenvalue weighted by Gasteiger charge is -2.28. The molecule has 0 unspecified atom stereocenters. The maximum atomic E-state index is 12.7. The van der Waals surface area contributed by atoms with Crippen LogP contribution < -0.4 is 10.1 Å². The highest BCUT2D eigenvalue weighted by molar-refractivity contribution is 5.86. The molecule has 0 aliphatic carbocycles. The normalized spacial score (nSPS) is 16.3. The number of hydrogen-bond acceptors (Lipinski definition) is 4. The number of carbonyl (C=O) groups is 2. The Hall–Kier alpha value is -3.23. The summed E-state index contributed by atoms with van der Waals surface area (Å²) in [6.07, 6.45) is -3.53. The smallest absolute Gasteiger partial charge is 0.416 e. The number of halogens is 3. The van der Waals surface area contributed by atoms with Crippen molar-refractivity contribution in [3.63, 3.8) is 0 Å². The van der Waals surface area contributed by atoms with Crippen LogP contribution in [0.3, 0.4) is 0 Å². The Balaban J connectivity index is 1.48. The number of ether oxygens (including phenoxy) is 2. The molecule has 6 nitrogen and oxygen atoms in total. The minimum absolute atomic E-state index is 0.135. The minimum Gasteiger partial charge on any atom is -0.489 e. The van der Waals surface area contributed by atoms with Gasteiger partial charge in [0.1, 0.15) is 24.0 Å². The maximum Gasteiger partial charge on any atom is 0.416 e. The quantitative estimate of drug-likeness (QED) is 0.612. The van der Waals surface area contributed by atoms with E-state index in [1.807, 2.05) is 0 Å². The standard InChI is InChI=1S/C25H29F3N2O4/c1-24(2,3)34-23(32)30-14-4-5-21(30)22(31)29-15-17-8-12-20(13-9-17)33-16-18-6-10-19(11-7-18)25(26,27)28/h6-13,21H,4-5,14-16H2,1-3H3,(H,29,31)/t21-/m0/s1. The molecule has 1 fully saturated rings. The third-order valence-corrected chi connectivity index (χ3v) is 5.26. The molecule has 2 amide bonds. The van der Waals surface area contributed by atoms with Gasteiger partial charge in [0, 0.05) is 13.1 Å². The summed E-state index contributed by atoms with van der Waals surface area (Å²) < 4.78 is 49.0. The average molecular weight is 479 g/mol. The molecule has 34 heavy (non-hydrogen) atoms. The van der Waals surface area contributed by atoms with Crippen molar-refractivity contribution in [3.8, 4) is 5.75 Å². The highest BCUT2D eigenvalue weighted by Gasteiger charge is 2.36. The number of nitrogens with zero attached hydrogens (tertiary/aromatic N) is 1. The predicted molar refractivity (Wildman–Crippen MR) is 120 cm³/mol. The third kappa shape index (κ3) is 7.13. The van der Waals surface area contributed by atoms with E-state index < -0.39 is 29.5 Å². The van der Waals surface area contributed by atoms with Gasteiger partial charge in [-0.15, -0.1) is 0 Å². The topological polar surface area (TPSA) is 67.9 Å². The van der Waals surface area contributed by atoms with Crippen molar-refractivity contribution in [1.29, 1.82) is 0 Å². The molecule has 1 N–H and O–H groups in total. The van der Waals surface area contributed by atoms with Crippen LogP contribution >= 0.6 is 0 Å². The Kier molecular flexibility index (Phi) is 7.74. The maximum absolute atomic E-state index is 12.7. The molecule has 2 aromatic carbocycles. The van der Waals surface area contributed by atoms with Gasteiger partial charge >= 0.3 is 12.3 Å². The van der Waals surface area contributed by atoms with Crippen LogP contribution in [-0.2, 0) is 28.9 Å². The Bertz CT molecular complexity index is 983. The first kappa shape index (κ1) is 25.4. The lowest BCUT2D eigenvalue weighted by Crippen LogP contribution is -2.47.